The molecule has 1 aliphatic heterocycles. The monoisotopic (exact) mass is 346 g/mol. The van der Waals surface area contributed by atoms with Gasteiger partial charge in [0.2, 0.25) is 5.91 Å². The maximum atomic E-state index is 12.4. The van der Waals surface area contributed by atoms with Crippen molar-refractivity contribution >= 4 is 17.2 Å². The lowest BCUT2D eigenvalue weighted by Crippen LogP contribution is -2.38. The summed E-state index contributed by atoms with van der Waals surface area (Å²) in [6.45, 7) is 5.10. The van der Waals surface area contributed by atoms with E-state index in [4.69, 9.17) is 9.47 Å². The quantitative estimate of drug-likeness (QED) is 0.904. The average Bonchev–Trinajstić information content (AvgIpc) is 2.91. The third-order valence-corrected chi connectivity index (χ3v) is 5.40. The average molecular weight is 346 g/mol. The van der Waals surface area contributed by atoms with Crippen LogP contribution in [0.4, 0.5) is 0 Å². The molecule has 2 heterocycles. The highest BCUT2D eigenvalue weighted by molar-refractivity contribution is 7.11. The van der Waals surface area contributed by atoms with Gasteiger partial charge in [-0.15, -0.1) is 11.3 Å². The van der Waals surface area contributed by atoms with Gasteiger partial charge in [-0.3, -0.25) is 4.79 Å². The number of rotatable bonds is 5. The van der Waals surface area contributed by atoms with Crippen molar-refractivity contribution in [1.82, 2.24) is 10.3 Å². The van der Waals surface area contributed by atoms with Crippen LogP contribution in [0.2, 0.25) is 0 Å². The highest BCUT2D eigenvalue weighted by Gasteiger charge is 2.26. The van der Waals surface area contributed by atoms with Crippen LogP contribution in [0.5, 0.6) is 11.5 Å². The highest BCUT2D eigenvalue weighted by Crippen LogP contribution is 2.31. The number of amides is 1. The Hall–Kier alpha value is -2.08. The summed E-state index contributed by atoms with van der Waals surface area (Å²) in [5.74, 6) is 1.48. The fourth-order valence-electron chi connectivity index (χ4n) is 2.73. The van der Waals surface area contributed by atoms with Gasteiger partial charge in [0.05, 0.1) is 23.7 Å². The van der Waals surface area contributed by atoms with Gasteiger partial charge in [-0.1, -0.05) is 6.07 Å². The molecule has 0 radical (unpaired) electrons. The van der Waals surface area contributed by atoms with Gasteiger partial charge in [-0.2, -0.15) is 0 Å². The zero-order valence-corrected chi connectivity index (χ0v) is 15.0. The molecule has 0 saturated heterocycles. The molecule has 3 rings (SSSR count). The molecule has 0 spiro atoms. The lowest BCUT2D eigenvalue weighted by Gasteiger charge is -2.25. The summed E-state index contributed by atoms with van der Waals surface area (Å²) in [6, 6.07) is 5.74. The van der Waals surface area contributed by atoms with Gasteiger partial charge in [0.1, 0.15) is 18.1 Å². The maximum absolute atomic E-state index is 12.4. The van der Waals surface area contributed by atoms with E-state index in [1.807, 2.05) is 25.1 Å². The van der Waals surface area contributed by atoms with Gasteiger partial charge in [-0.25, -0.2) is 4.98 Å². The molecule has 1 unspecified atom stereocenters. The smallest absolute Gasteiger partial charge is 0.226 e. The first-order valence-corrected chi connectivity index (χ1v) is 8.89. The van der Waals surface area contributed by atoms with E-state index in [1.165, 1.54) is 4.88 Å². The van der Waals surface area contributed by atoms with E-state index in [-0.39, 0.29) is 11.8 Å². The predicted octanol–water partition coefficient (Wildman–Crippen LogP) is 2.68. The van der Waals surface area contributed by atoms with Crippen LogP contribution in [0.15, 0.2) is 18.2 Å². The number of hydrogen-bond acceptors (Lipinski definition) is 5. The Morgan fingerprint density at radius 1 is 1.46 bits per heavy atom. The molecule has 1 aromatic carbocycles. The number of fused-ring (bicyclic) bond motifs is 1. The molecule has 1 atom stereocenters. The Bertz CT molecular complexity index is 722. The minimum atomic E-state index is -0.148. The molecule has 2 aromatic rings. The van der Waals surface area contributed by atoms with Crippen molar-refractivity contribution in [3.05, 3.63) is 39.3 Å². The number of carbonyl (C=O) groups excluding carboxylic acids is 1. The fraction of sp³-hybridized carbons (Fsp3) is 0.444. The van der Waals surface area contributed by atoms with Crippen molar-refractivity contribution in [3.8, 4) is 11.5 Å². The maximum Gasteiger partial charge on any atom is 0.226 e. The van der Waals surface area contributed by atoms with Crippen LogP contribution in [0.25, 0.3) is 0 Å². The summed E-state index contributed by atoms with van der Waals surface area (Å²) in [5, 5.41) is 4.08. The summed E-state index contributed by atoms with van der Waals surface area (Å²) in [6.07, 6.45) is 1.47. The van der Waals surface area contributed by atoms with E-state index in [0.29, 0.717) is 19.6 Å². The molecule has 1 aliphatic rings. The number of benzene rings is 1. The van der Waals surface area contributed by atoms with Gasteiger partial charge in [0.25, 0.3) is 0 Å². The number of aryl methyl sites for hydroxylation is 2. The van der Waals surface area contributed by atoms with Gasteiger partial charge in [-0.05, 0) is 31.9 Å². The number of ether oxygens (including phenoxy) is 2. The Kier molecular flexibility index (Phi) is 5.04. The zero-order valence-electron chi connectivity index (χ0n) is 14.2. The Morgan fingerprint density at radius 2 is 2.29 bits per heavy atom. The second-order valence-corrected chi connectivity index (χ2v) is 7.26. The summed E-state index contributed by atoms with van der Waals surface area (Å²) in [7, 11) is 1.63. The molecular weight excluding hydrogens is 324 g/mol. The number of nitrogens with one attached hydrogen (secondary N) is 1. The highest BCUT2D eigenvalue weighted by atomic mass is 32.1. The number of hydrogen-bond donors (Lipinski definition) is 1. The molecule has 24 heavy (non-hydrogen) atoms. The topological polar surface area (TPSA) is 60.5 Å². The predicted molar refractivity (Wildman–Crippen MR) is 94.0 cm³/mol. The molecule has 128 valence electrons. The summed E-state index contributed by atoms with van der Waals surface area (Å²) in [4.78, 5) is 18.1. The SMILES string of the molecule is COc1ccc2c(c1)OCC(C(=O)NCCc1nc(C)c(C)s1)C2. The lowest BCUT2D eigenvalue weighted by atomic mass is 9.96. The molecular formula is C18H22N2O3S. The van der Waals surface area contributed by atoms with Crippen molar-refractivity contribution in [2.75, 3.05) is 20.3 Å². The van der Waals surface area contributed by atoms with E-state index in [9.17, 15) is 4.79 Å². The van der Waals surface area contributed by atoms with Crippen molar-refractivity contribution in [1.29, 1.82) is 0 Å². The first-order chi connectivity index (χ1) is 11.6. The minimum Gasteiger partial charge on any atom is -0.497 e. The Balaban J connectivity index is 1.52. The number of thiazole rings is 1. The number of nitrogens with zero attached hydrogens (tertiary/aromatic N) is 1. The molecule has 6 heteroatoms. The molecule has 1 amide bonds. The number of methoxy groups -OCH3 is 1. The van der Waals surface area contributed by atoms with Crippen LogP contribution in [0.1, 0.15) is 21.1 Å². The second-order valence-electron chi connectivity index (χ2n) is 5.98. The van der Waals surface area contributed by atoms with Crippen molar-refractivity contribution < 1.29 is 14.3 Å². The molecule has 1 N–H and O–H groups in total. The number of aromatic nitrogens is 1. The molecule has 0 aliphatic carbocycles. The molecule has 5 nitrogen and oxygen atoms in total. The van der Waals surface area contributed by atoms with Gasteiger partial charge < -0.3 is 14.8 Å². The van der Waals surface area contributed by atoms with Crippen molar-refractivity contribution in [3.63, 3.8) is 0 Å². The molecule has 0 saturated carbocycles. The van der Waals surface area contributed by atoms with Crippen LogP contribution < -0.4 is 14.8 Å². The van der Waals surface area contributed by atoms with E-state index in [0.717, 1.165) is 34.2 Å². The van der Waals surface area contributed by atoms with E-state index in [2.05, 4.69) is 17.2 Å². The van der Waals surface area contributed by atoms with Crippen LogP contribution in [0.3, 0.4) is 0 Å². The normalized spacial score (nSPS) is 16.2. The summed E-state index contributed by atoms with van der Waals surface area (Å²) < 4.78 is 10.9. The first kappa shape index (κ1) is 16.8. The van der Waals surface area contributed by atoms with Crippen molar-refractivity contribution in [2.45, 2.75) is 26.7 Å². The van der Waals surface area contributed by atoms with Crippen LogP contribution in [0, 0.1) is 19.8 Å². The van der Waals surface area contributed by atoms with Crippen LogP contribution in [-0.4, -0.2) is 31.2 Å². The van der Waals surface area contributed by atoms with Crippen LogP contribution >= 0.6 is 11.3 Å². The van der Waals surface area contributed by atoms with Gasteiger partial charge >= 0.3 is 0 Å². The molecule has 0 fully saturated rings. The van der Waals surface area contributed by atoms with Crippen LogP contribution in [-0.2, 0) is 17.6 Å². The molecule has 1 aromatic heterocycles. The third kappa shape index (κ3) is 3.70. The third-order valence-electron chi connectivity index (χ3n) is 4.26. The van der Waals surface area contributed by atoms with Crippen molar-refractivity contribution in [2.24, 2.45) is 5.92 Å². The first-order valence-electron chi connectivity index (χ1n) is 8.07. The zero-order chi connectivity index (χ0) is 17.1. The summed E-state index contributed by atoms with van der Waals surface area (Å²) in [5.41, 5.74) is 2.13. The van der Waals surface area contributed by atoms with Gasteiger partial charge in [0, 0.05) is 23.9 Å². The molecule has 0 bridgehead atoms. The number of carbonyl (C=O) groups is 1. The summed E-state index contributed by atoms with van der Waals surface area (Å²) >= 11 is 1.70. The second kappa shape index (κ2) is 7.21. The van der Waals surface area contributed by atoms with E-state index in [1.54, 1.807) is 18.4 Å². The van der Waals surface area contributed by atoms with Gasteiger partial charge in [0.15, 0.2) is 0 Å². The largest absolute Gasteiger partial charge is 0.497 e. The Morgan fingerprint density at radius 3 is 3.00 bits per heavy atom. The fourth-order valence-corrected chi connectivity index (χ4v) is 3.66. The lowest BCUT2D eigenvalue weighted by molar-refractivity contribution is -0.126. The van der Waals surface area contributed by atoms with E-state index >= 15 is 0 Å². The standard InChI is InChI=1S/C18H22N2O3S/c1-11-12(2)24-17(20-11)6-7-19-18(21)14-8-13-4-5-15(22-3)9-16(13)23-10-14/h4-5,9,14H,6-8,10H2,1-3H3,(H,19,21). The Labute approximate surface area is 146 Å². The minimum absolute atomic E-state index is 0.0430. The van der Waals surface area contributed by atoms with E-state index < -0.39 is 0 Å².